The van der Waals surface area contributed by atoms with Gasteiger partial charge in [0, 0.05) is 0 Å². The van der Waals surface area contributed by atoms with Crippen LogP contribution < -0.4 is 0 Å². The molecule has 0 unspecified atom stereocenters. The van der Waals surface area contributed by atoms with Crippen LogP contribution in [0.3, 0.4) is 0 Å². The van der Waals surface area contributed by atoms with Crippen LogP contribution in [0.25, 0.3) is 100 Å². The number of rotatable bonds is 8. The van der Waals surface area contributed by atoms with Gasteiger partial charge in [-0.3, -0.25) is 0 Å². The Labute approximate surface area is 384 Å². The molecule has 0 aromatic heterocycles. The molecule has 0 atom stereocenters. The minimum Gasteiger partial charge on any atom is -0.170 e. The molecule has 66 heavy (non-hydrogen) atoms. The van der Waals surface area contributed by atoms with Crippen LogP contribution >= 0.6 is 0 Å². The minimum atomic E-state index is -4.64. The van der Waals surface area contributed by atoms with Gasteiger partial charge < -0.3 is 0 Å². The van der Waals surface area contributed by atoms with E-state index in [4.69, 9.17) is 0 Å². The number of fused-ring (bicyclic) bond motifs is 3. The van der Waals surface area contributed by atoms with Crippen LogP contribution in [0, 0.1) is 0 Å². The second-order valence-electron chi connectivity index (χ2n) is 17.3. The lowest BCUT2D eigenvalue weighted by molar-refractivity contribution is -0.172. The van der Waals surface area contributed by atoms with Crippen molar-refractivity contribution >= 4 is 0 Å². The molecule has 0 spiro atoms. The number of alkyl halides is 3. The summed E-state index contributed by atoms with van der Waals surface area (Å²) in [6, 6.07) is 81.4. The van der Waals surface area contributed by atoms with Gasteiger partial charge in [-0.15, -0.1) is 0 Å². The van der Waals surface area contributed by atoms with Crippen LogP contribution in [0.5, 0.6) is 0 Å². The van der Waals surface area contributed by atoms with Gasteiger partial charge in [-0.2, -0.15) is 13.2 Å². The Hall–Kier alpha value is -8.01. The van der Waals surface area contributed by atoms with Crippen molar-refractivity contribution in [3.8, 4) is 100 Å². The lowest BCUT2D eigenvalue weighted by Gasteiger charge is -2.31. The monoisotopic (exact) mass is 856 g/mol. The lowest BCUT2D eigenvalue weighted by atomic mass is 9.76. The second kappa shape index (κ2) is 16.5. The van der Waals surface area contributed by atoms with Gasteiger partial charge in [-0.25, -0.2) is 0 Å². The maximum atomic E-state index is 16.5. The maximum absolute atomic E-state index is 16.5. The Kier molecular flexibility index (Phi) is 10.2. The predicted octanol–water partition coefficient (Wildman–Crippen LogP) is 17.9. The largest absolute Gasteiger partial charge is 0.402 e. The molecule has 1 aliphatic carbocycles. The first kappa shape index (κ1) is 40.7. The summed E-state index contributed by atoms with van der Waals surface area (Å²) in [5, 5.41) is 0. The fourth-order valence-electron chi connectivity index (χ4n) is 9.87. The molecule has 0 nitrogen and oxygen atoms in total. The average Bonchev–Trinajstić information content (AvgIpc) is 3.63. The summed E-state index contributed by atoms with van der Waals surface area (Å²) in [6.07, 6.45) is -4.64. The van der Waals surface area contributed by atoms with Gasteiger partial charge >= 0.3 is 6.18 Å². The zero-order chi connectivity index (χ0) is 44.8. The van der Waals surface area contributed by atoms with Crippen molar-refractivity contribution in [2.75, 3.05) is 0 Å². The second-order valence-corrected chi connectivity index (χ2v) is 17.3. The Morgan fingerprint density at radius 1 is 0.242 bits per heavy atom. The van der Waals surface area contributed by atoms with E-state index in [2.05, 4.69) is 109 Å². The zero-order valence-corrected chi connectivity index (χ0v) is 36.2. The number of hydrogen-bond acceptors (Lipinski definition) is 0. The molecule has 0 N–H and O–H groups in total. The average molecular weight is 857 g/mol. The van der Waals surface area contributed by atoms with Crippen molar-refractivity contribution in [2.45, 2.75) is 18.5 Å². The van der Waals surface area contributed by atoms with E-state index in [9.17, 15) is 0 Å². The molecule has 0 saturated carbocycles. The first-order chi connectivity index (χ1) is 32.2. The first-order valence-electron chi connectivity index (χ1n) is 22.3. The molecular weight excluding hydrogens is 814 g/mol. The van der Waals surface area contributed by atoms with Gasteiger partial charge in [0.05, 0.1) is 0 Å². The lowest BCUT2D eigenvalue weighted by Crippen LogP contribution is -2.39. The van der Waals surface area contributed by atoms with Crippen LogP contribution in [0.15, 0.2) is 243 Å². The number of hydrogen-bond donors (Lipinski definition) is 0. The summed E-state index contributed by atoms with van der Waals surface area (Å²) >= 11 is 0. The highest BCUT2D eigenvalue weighted by Gasteiger charge is 2.58. The Balaban J connectivity index is 1.19. The molecular formula is C63H43F3. The molecule has 316 valence electrons. The highest BCUT2D eigenvalue weighted by molar-refractivity contribution is 5.98. The fourth-order valence-corrected chi connectivity index (χ4v) is 9.87. The first-order valence-corrected chi connectivity index (χ1v) is 22.3. The van der Waals surface area contributed by atoms with Gasteiger partial charge in [0.1, 0.15) is 5.41 Å². The molecule has 1 aliphatic rings. The highest BCUT2D eigenvalue weighted by Crippen LogP contribution is 2.60. The van der Waals surface area contributed by atoms with Crippen LogP contribution in [-0.4, -0.2) is 6.18 Å². The number of benzene rings is 10. The van der Waals surface area contributed by atoms with E-state index in [0.717, 1.165) is 89.0 Å². The van der Waals surface area contributed by atoms with E-state index in [0.29, 0.717) is 11.1 Å². The van der Waals surface area contributed by atoms with E-state index >= 15 is 13.2 Å². The summed E-state index contributed by atoms with van der Waals surface area (Å²) in [5.41, 5.74) is 14.3. The summed E-state index contributed by atoms with van der Waals surface area (Å²) in [7, 11) is 0. The summed E-state index contributed by atoms with van der Waals surface area (Å²) in [5.74, 6) is 0. The summed E-state index contributed by atoms with van der Waals surface area (Å²) < 4.78 is 49.4. The molecule has 11 rings (SSSR count). The van der Waals surface area contributed by atoms with Gasteiger partial charge in [-0.05, 0) is 167 Å². The maximum Gasteiger partial charge on any atom is 0.402 e. The van der Waals surface area contributed by atoms with Gasteiger partial charge in [0.15, 0.2) is 0 Å². The molecule has 0 aliphatic heterocycles. The standard InChI is InChI=1S/C63H43F3/c1-62(63(64,65)66)60-40-56(52-32-16-28-48(36-52)44-22-10-4-11-23-44)54(50-30-14-26-46(34-50)42-18-6-2-7-19-42)38-58(60)59-39-55(51-31-15-27-47(35-51)43-20-8-3-9-21-43)57(41-61(59)62)53-33-17-29-49(37-53)45-24-12-5-13-25-45/h2-41H,1H3. The van der Waals surface area contributed by atoms with Gasteiger partial charge in [0.2, 0.25) is 0 Å². The fraction of sp³-hybridized carbons (Fsp3) is 0.0476. The topological polar surface area (TPSA) is 0 Å². The minimum absolute atomic E-state index is 0.243. The molecule has 0 heterocycles. The van der Waals surface area contributed by atoms with Crippen molar-refractivity contribution in [3.63, 3.8) is 0 Å². The highest BCUT2D eigenvalue weighted by atomic mass is 19.4. The molecule has 0 saturated heterocycles. The SMILES string of the molecule is CC1(C(F)(F)F)c2cc(-c3cccc(-c4ccccc4)c3)c(-c3cccc(-c4ccccc4)c3)cc2-c2cc(-c3cccc(-c4ccccc4)c3)c(-c3cccc(-c4ccccc4)c3)cc21. The summed E-state index contributed by atoms with van der Waals surface area (Å²) in [6.45, 7) is 1.37. The Bertz CT molecular complexity index is 3170. The third-order valence-corrected chi connectivity index (χ3v) is 13.4. The van der Waals surface area contributed by atoms with E-state index < -0.39 is 11.6 Å². The molecule has 0 bridgehead atoms. The molecule has 3 heteroatoms. The van der Waals surface area contributed by atoms with Crippen LogP contribution in [0.2, 0.25) is 0 Å². The van der Waals surface area contributed by atoms with E-state index in [1.165, 1.54) is 6.92 Å². The molecule has 0 radical (unpaired) electrons. The van der Waals surface area contributed by atoms with Crippen molar-refractivity contribution in [1.82, 2.24) is 0 Å². The van der Waals surface area contributed by atoms with Crippen molar-refractivity contribution in [2.24, 2.45) is 0 Å². The molecule has 0 amide bonds. The Morgan fingerprint density at radius 2 is 0.470 bits per heavy atom. The van der Waals surface area contributed by atoms with E-state index in [-0.39, 0.29) is 11.1 Å². The van der Waals surface area contributed by atoms with Crippen molar-refractivity contribution < 1.29 is 13.2 Å². The van der Waals surface area contributed by atoms with Crippen molar-refractivity contribution in [1.29, 1.82) is 0 Å². The van der Waals surface area contributed by atoms with E-state index in [1.807, 2.05) is 133 Å². The Morgan fingerprint density at radius 3 is 0.727 bits per heavy atom. The molecule has 0 fully saturated rings. The van der Waals surface area contributed by atoms with Crippen LogP contribution in [-0.2, 0) is 5.41 Å². The molecule has 10 aromatic carbocycles. The third-order valence-electron chi connectivity index (χ3n) is 13.4. The van der Waals surface area contributed by atoms with Gasteiger partial charge in [0.25, 0.3) is 0 Å². The van der Waals surface area contributed by atoms with Crippen LogP contribution in [0.4, 0.5) is 13.2 Å². The molecule has 10 aromatic rings. The smallest absolute Gasteiger partial charge is 0.170 e. The third kappa shape index (κ3) is 7.23. The van der Waals surface area contributed by atoms with Gasteiger partial charge in [-0.1, -0.05) is 194 Å². The zero-order valence-electron chi connectivity index (χ0n) is 36.2. The normalized spacial score (nSPS) is 12.7. The van der Waals surface area contributed by atoms with Crippen molar-refractivity contribution in [3.05, 3.63) is 254 Å². The van der Waals surface area contributed by atoms with Crippen LogP contribution in [0.1, 0.15) is 18.1 Å². The number of halogens is 3. The quantitative estimate of drug-likeness (QED) is 0.143. The summed E-state index contributed by atoms with van der Waals surface area (Å²) in [4.78, 5) is 0. The van der Waals surface area contributed by atoms with E-state index in [1.54, 1.807) is 0 Å². The predicted molar refractivity (Wildman–Crippen MR) is 268 cm³/mol.